The Morgan fingerprint density at radius 3 is 1.03 bits per heavy atom. The van der Waals surface area contributed by atoms with Crippen LogP contribution >= 0.6 is 0 Å². The molecule has 2 fully saturated rings. The van der Waals surface area contributed by atoms with Gasteiger partial charge >= 0.3 is 0 Å². The van der Waals surface area contributed by atoms with Crippen molar-refractivity contribution in [3.8, 4) is 24.3 Å². The highest BCUT2D eigenvalue weighted by Gasteiger charge is 2.46. The van der Waals surface area contributed by atoms with Gasteiger partial charge in [0.25, 0.3) is 0 Å². The lowest BCUT2D eigenvalue weighted by atomic mass is 9.88. The summed E-state index contributed by atoms with van der Waals surface area (Å²) in [4.78, 5) is 0. The Balaban J connectivity index is 0.000000396. The molecule has 0 radical (unpaired) electrons. The van der Waals surface area contributed by atoms with Crippen molar-refractivity contribution in [1.29, 1.82) is 21.0 Å². The Labute approximate surface area is 228 Å². The molecule has 2 saturated carbocycles. The average molecular weight is 525 g/mol. The normalized spacial score (nSPS) is 22.3. The molecule has 0 amide bonds. The lowest BCUT2D eigenvalue weighted by molar-refractivity contribution is 0.000704. The van der Waals surface area contributed by atoms with Crippen LogP contribution in [0.25, 0.3) is 0 Å². The molecule has 0 saturated heterocycles. The minimum absolute atomic E-state index is 0.336. The Kier molecular flexibility index (Phi) is 10.7. The third kappa shape index (κ3) is 9.75. The molecule has 10 heteroatoms. The maximum Gasteiger partial charge on any atom is 0.167 e. The van der Waals surface area contributed by atoms with E-state index in [-0.39, 0.29) is 0 Å². The summed E-state index contributed by atoms with van der Waals surface area (Å²) in [6.07, 6.45) is 4.97. The fourth-order valence-electron chi connectivity index (χ4n) is 4.11. The standard InChI is InChI=1S/C16H28N4O2.C12H16N4/c1-13(2,21-7)9-15(5,11-17)19-20-16(6,12-18)10-14(3,4)22-8;1-11(7-13,9-3-4-9)15-16-12(2,8-14)10-5-6-10/h9-10H2,1-8H3;9-10H,3-6H2,1-2H3. The first kappa shape index (κ1) is 33.1. The molecule has 2 aliphatic rings. The summed E-state index contributed by atoms with van der Waals surface area (Å²) in [6.45, 7) is 14.6. The highest BCUT2D eigenvalue weighted by Crippen LogP contribution is 2.45. The van der Waals surface area contributed by atoms with E-state index in [0.29, 0.717) is 24.7 Å². The van der Waals surface area contributed by atoms with Crippen LogP contribution in [0.2, 0.25) is 0 Å². The summed E-state index contributed by atoms with van der Waals surface area (Å²) in [5.74, 6) is 0.673. The first-order chi connectivity index (χ1) is 17.4. The summed E-state index contributed by atoms with van der Waals surface area (Å²) in [5.41, 5.74) is -4.53. The van der Waals surface area contributed by atoms with Gasteiger partial charge in [-0.05, 0) is 92.9 Å². The van der Waals surface area contributed by atoms with Crippen LogP contribution in [0.1, 0.15) is 93.9 Å². The molecule has 0 aromatic heterocycles. The number of azo groups is 2. The van der Waals surface area contributed by atoms with Gasteiger partial charge in [0.05, 0.1) is 35.5 Å². The van der Waals surface area contributed by atoms with Crippen LogP contribution in [0.4, 0.5) is 0 Å². The van der Waals surface area contributed by atoms with Crippen LogP contribution in [0.3, 0.4) is 0 Å². The maximum absolute atomic E-state index is 9.43. The van der Waals surface area contributed by atoms with Crippen LogP contribution in [-0.4, -0.2) is 47.6 Å². The smallest absolute Gasteiger partial charge is 0.167 e. The van der Waals surface area contributed by atoms with Gasteiger partial charge in [-0.3, -0.25) is 0 Å². The molecule has 0 aromatic carbocycles. The summed E-state index contributed by atoms with van der Waals surface area (Å²) < 4.78 is 10.7. The highest BCUT2D eigenvalue weighted by atomic mass is 16.5. The lowest BCUT2D eigenvalue weighted by Gasteiger charge is -2.31. The van der Waals surface area contributed by atoms with Crippen molar-refractivity contribution in [3.63, 3.8) is 0 Å². The molecule has 0 aliphatic heterocycles. The minimum Gasteiger partial charge on any atom is -0.379 e. The number of ether oxygens (including phenoxy) is 2. The largest absolute Gasteiger partial charge is 0.379 e. The Morgan fingerprint density at radius 1 is 0.553 bits per heavy atom. The fourth-order valence-corrected chi connectivity index (χ4v) is 4.11. The van der Waals surface area contributed by atoms with Crippen LogP contribution in [0.15, 0.2) is 20.5 Å². The molecule has 2 rings (SSSR count). The van der Waals surface area contributed by atoms with E-state index in [1.165, 1.54) is 0 Å². The van der Waals surface area contributed by atoms with E-state index in [9.17, 15) is 10.5 Å². The first-order valence-corrected chi connectivity index (χ1v) is 13.0. The number of nitrogens with zero attached hydrogens (tertiary/aromatic N) is 8. The zero-order valence-corrected chi connectivity index (χ0v) is 24.8. The van der Waals surface area contributed by atoms with E-state index in [0.717, 1.165) is 25.7 Å². The summed E-state index contributed by atoms with van der Waals surface area (Å²) in [7, 11) is 3.19. The zero-order valence-electron chi connectivity index (χ0n) is 24.8. The van der Waals surface area contributed by atoms with Gasteiger partial charge in [0.2, 0.25) is 0 Å². The van der Waals surface area contributed by atoms with Gasteiger partial charge < -0.3 is 9.47 Å². The van der Waals surface area contributed by atoms with Crippen molar-refractivity contribution in [2.45, 2.75) is 127 Å². The molecule has 4 atom stereocenters. The summed E-state index contributed by atoms with van der Waals surface area (Å²) in [6, 6.07) is 8.78. The number of hydrogen-bond acceptors (Lipinski definition) is 10. The Bertz CT molecular complexity index is 969. The van der Waals surface area contributed by atoms with Gasteiger partial charge in [-0.25, -0.2) is 0 Å². The molecule has 2 aliphatic carbocycles. The summed E-state index contributed by atoms with van der Waals surface area (Å²) in [5, 5.41) is 53.8. The third-order valence-electron chi connectivity index (χ3n) is 7.28. The van der Waals surface area contributed by atoms with E-state index < -0.39 is 33.4 Å². The van der Waals surface area contributed by atoms with Crippen molar-refractivity contribution < 1.29 is 9.47 Å². The molecular weight excluding hydrogens is 480 g/mol. The quantitative estimate of drug-likeness (QED) is 0.266. The van der Waals surface area contributed by atoms with E-state index in [1.54, 1.807) is 28.1 Å². The van der Waals surface area contributed by atoms with Crippen LogP contribution in [0.5, 0.6) is 0 Å². The molecule has 10 nitrogen and oxygen atoms in total. The molecule has 38 heavy (non-hydrogen) atoms. The van der Waals surface area contributed by atoms with E-state index in [4.69, 9.17) is 20.0 Å². The second-order valence-electron chi connectivity index (χ2n) is 12.5. The monoisotopic (exact) mass is 524 g/mol. The molecule has 0 heterocycles. The fraction of sp³-hybridized carbons (Fsp3) is 0.857. The van der Waals surface area contributed by atoms with Crippen molar-refractivity contribution in [2.75, 3.05) is 14.2 Å². The number of nitriles is 4. The predicted molar refractivity (Wildman–Crippen MR) is 143 cm³/mol. The molecule has 0 aromatic rings. The molecule has 0 bridgehead atoms. The molecule has 4 unspecified atom stereocenters. The van der Waals surface area contributed by atoms with Crippen LogP contribution < -0.4 is 0 Å². The van der Waals surface area contributed by atoms with Crippen molar-refractivity contribution >= 4 is 0 Å². The van der Waals surface area contributed by atoms with Crippen molar-refractivity contribution in [3.05, 3.63) is 0 Å². The van der Waals surface area contributed by atoms with E-state index in [2.05, 4.69) is 44.7 Å². The van der Waals surface area contributed by atoms with E-state index >= 15 is 0 Å². The SMILES string of the molecule is CC(C#N)(N=NC(C)(C#N)C1CC1)C1CC1.COC(C)(C)CC(C)(C#N)N=NC(C)(C#N)CC(C)(C)OC. The molecular formula is C28H44N8O2. The van der Waals surface area contributed by atoms with E-state index in [1.807, 2.05) is 41.5 Å². The van der Waals surface area contributed by atoms with Gasteiger partial charge in [-0.15, -0.1) is 0 Å². The second kappa shape index (κ2) is 12.3. The second-order valence-corrected chi connectivity index (χ2v) is 12.5. The minimum atomic E-state index is -1.05. The third-order valence-corrected chi connectivity index (χ3v) is 7.28. The Hall–Kier alpha value is -2.92. The van der Waals surface area contributed by atoms with Crippen LogP contribution in [-0.2, 0) is 9.47 Å². The van der Waals surface area contributed by atoms with Crippen molar-refractivity contribution in [1.82, 2.24) is 0 Å². The number of rotatable bonds is 12. The topological polar surface area (TPSA) is 163 Å². The number of hydrogen-bond donors (Lipinski definition) is 0. The molecule has 208 valence electrons. The van der Waals surface area contributed by atoms with Crippen LogP contribution in [0, 0.1) is 57.2 Å². The predicted octanol–water partition coefficient (Wildman–Crippen LogP) is 6.46. The molecule has 0 spiro atoms. The number of methoxy groups -OCH3 is 2. The van der Waals surface area contributed by atoms with Gasteiger partial charge in [-0.1, -0.05) is 0 Å². The van der Waals surface area contributed by atoms with Gasteiger partial charge in [0, 0.05) is 27.1 Å². The van der Waals surface area contributed by atoms with Crippen molar-refractivity contribution in [2.24, 2.45) is 32.3 Å². The average Bonchev–Trinajstić information content (AvgIpc) is 3.78. The Morgan fingerprint density at radius 2 is 0.842 bits per heavy atom. The zero-order chi connectivity index (χ0) is 29.5. The van der Waals surface area contributed by atoms with Gasteiger partial charge in [0.15, 0.2) is 22.2 Å². The summed E-state index contributed by atoms with van der Waals surface area (Å²) >= 11 is 0. The van der Waals surface area contributed by atoms with Gasteiger partial charge in [-0.2, -0.15) is 41.5 Å². The van der Waals surface area contributed by atoms with Gasteiger partial charge in [0.1, 0.15) is 0 Å². The highest BCUT2D eigenvalue weighted by molar-refractivity contribution is 5.16. The lowest BCUT2D eigenvalue weighted by Crippen LogP contribution is -2.37. The maximum atomic E-state index is 9.43. The first-order valence-electron chi connectivity index (χ1n) is 13.0. The molecule has 0 N–H and O–H groups in total.